The Morgan fingerprint density at radius 2 is 2.33 bits per heavy atom. The molecule has 0 saturated heterocycles. The van der Waals surface area contributed by atoms with Gasteiger partial charge in [0, 0.05) is 18.0 Å². The number of aromatic nitrogens is 3. The Morgan fingerprint density at radius 1 is 1.44 bits per heavy atom. The van der Waals surface area contributed by atoms with Crippen molar-refractivity contribution in [3.63, 3.8) is 0 Å². The molecule has 2 heterocycles. The summed E-state index contributed by atoms with van der Waals surface area (Å²) < 4.78 is 0. The summed E-state index contributed by atoms with van der Waals surface area (Å²) in [6.07, 6.45) is 5.87. The molecule has 5 nitrogen and oxygen atoms in total. The molecule has 0 unspecified atom stereocenters. The number of H-pyrrole nitrogens is 1. The van der Waals surface area contributed by atoms with Crippen LogP contribution in [0.1, 0.15) is 43.0 Å². The molecule has 0 spiro atoms. The van der Waals surface area contributed by atoms with Gasteiger partial charge in [-0.3, -0.25) is 0 Å². The van der Waals surface area contributed by atoms with E-state index in [-0.39, 0.29) is 6.04 Å². The summed E-state index contributed by atoms with van der Waals surface area (Å²) >= 11 is 0. The van der Waals surface area contributed by atoms with Gasteiger partial charge in [0.05, 0.1) is 17.5 Å². The Balaban J connectivity index is 2.09. The van der Waals surface area contributed by atoms with Gasteiger partial charge in [-0.15, -0.1) is 0 Å². The zero-order valence-corrected chi connectivity index (χ0v) is 10.1. The normalized spacial score (nSPS) is 24.0. The molecule has 1 aliphatic carbocycles. The third kappa shape index (κ3) is 1.85. The smallest absolute Gasteiger partial charge is 0.143 e. The molecule has 92 valence electrons. The van der Waals surface area contributed by atoms with Crippen molar-refractivity contribution in [2.24, 2.45) is 5.73 Å². The van der Waals surface area contributed by atoms with E-state index < -0.39 is 0 Å². The molecule has 3 N–H and O–H groups in total. The van der Waals surface area contributed by atoms with Crippen LogP contribution in [0.2, 0.25) is 0 Å². The largest absolute Gasteiger partial charge is 0.344 e. The summed E-state index contributed by atoms with van der Waals surface area (Å²) in [5.74, 6) is 0.327. The van der Waals surface area contributed by atoms with Crippen LogP contribution in [0, 0.1) is 11.3 Å². The molecular formula is C13H15N5. The Morgan fingerprint density at radius 3 is 3.11 bits per heavy atom. The van der Waals surface area contributed by atoms with Crippen LogP contribution < -0.4 is 5.73 Å². The highest BCUT2D eigenvalue weighted by Gasteiger charge is 2.24. The zero-order chi connectivity index (χ0) is 12.5. The summed E-state index contributed by atoms with van der Waals surface area (Å²) in [4.78, 5) is 11.8. The molecular weight excluding hydrogens is 226 g/mol. The highest BCUT2D eigenvalue weighted by atomic mass is 14.9. The standard InChI is InChI=1S/C13H15N5/c14-6-10-5-11-13(17-7-16-11)12(18-10)8-2-1-3-9(15)4-8/h5,7-9H,1-4,15H2,(H,16,17)/t8-,9+/m0/s1. The van der Waals surface area contributed by atoms with Crippen LogP contribution in [0.15, 0.2) is 12.4 Å². The summed E-state index contributed by atoms with van der Waals surface area (Å²) in [5.41, 5.74) is 9.18. The number of hydrogen-bond donors (Lipinski definition) is 2. The summed E-state index contributed by atoms with van der Waals surface area (Å²) in [7, 11) is 0. The number of nitrogens with one attached hydrogen (secondary N) is 1. The average molecular weight is 241 g/mol. The van der Waals surface area contributed by atoms with E-state index in [1.807, 2.05) is 0 Å². The first-order valence-electron chi connectivity index (χ1n) is 6.27. The fraction of sp³-hybridized carbons (Fsp3) is 0.462. The van der Waals surface area contributed by atoms with Crippen LogP contribution in [0.4, 0.5) is 0 Å². The summed E-state index contributed by atoms with van der Waals surface area (Å²) in [6, 6.07) is 4.10. The average Bonchev–Trinajstić information content (AvgIpc) is 2.85. The lowest BCUT2D eigenvalue weighted by Gasteiger charge is -2.26. The molecule has 0 aliphatic heterocycles. The van der Waals surface area contributed by atoms with Gasteiger partial charge in [0.25, 0.3) is 0 Å². The summed E-state index contributed by atoms with van der Waals surface area (Å²) in [6.45, 7) is 0. The number of imidazole rings is 1. The third-order valence-corrected chi connectivity index (χ3v) is 3.65. The van der Waals surface area contributed by atoms with Crippen LogP contribution in [0.3, 0.4) is 0 Å². The number of nitrogens with two attached hydrogens (primary N) is 1. The molecule has 3 rings (SSSR count). The Kier molecular flexibility index (Phi) is 2.73. The van der Waals surface area contributed by atoms with Gasteiger partial charge in [0.1, 0.15) is 17.3 Å². The lowest BCUT2D eigenvalue weighted by atomic mass is 9.83. The van der Waals surface area contributed by atoms with Crippen molar-refractivity contribution >= 4 is 11.0 Å². The van der Waals surface area contributed by atoms with Crippen molar-refractivity contribution in [3.8, 4) is 6.07 Å². The van der Waals surface area contributed by atoms with Crippen LogP contribution in [0.25, 0.3) is 11.0 Å². The van der Waals surface area contributed by atoms with E-state index in [0.717, 1.165) is 42.4 Å². The maximum atomic E-state index is 9.04. The maximum absolute atomic E-state index is 9.04. The number of hydrogen-bond acceptors (Lipinski definition) is 4. The predicted molar refractivity (Wildman–Crippen MR) is 67.8 cm³/mol. The highest BCUT2D eigenvalue weighted by molar-refractivity contribution is 5.78. The number of nitriles is 1. The fourth-order valence-electron chi connectivity index (χ4n) is 2.79. The topological polar surface area (TPSA) is 91.4 Å². The van der Waals surface area contributed by atoms with Gasteiger partial charge in [0.2, 0.25) is 0 Å². The molecule has 1 fully saturated rings. The van der Waals surface area contributed by atoms with E-state index in [1.165, 1.54) is 0 Å². The minimum Gasteiger partial charge on any atom is -0.344 e. The minimum absolute atomic E-state index is 0.241. The quantitative estimate of drug-likeness (QED) is 0.796. The first-order chi connectivity index (χ1) is 8.78. The van der Waals surface area contributed by atoms with Gasteiger partial charge < -0.3 is 10.7 Å². The number of fused-ring (bicyclic) bond motifs is 1. The molecule has 18 heavy (non-hydrogen) atoms. The second-order valence-corrected chi connectivity index (χ2v) is 4.93. The molecule has 2 aromatic heterocycles. The van der Waals surface area contributed by atoms with Crippen LogP contribution in [0.5, 0.6) is 0 Å². The predicted octanol–water partition coefficient (Wildman–Crippen LogP) is 1.81. The van der Waals surface area contributed by atoms with Crippen molar-refractivity contribution in [3.05, 3.63) is 23.8 Å². The third-order valence-electron chi connectivity index (χ3n) is 3.65. The molecule has 0 aromatic carbocycles. The van der Waals surface area contributed by atoms with E-state index in [2.05, 4.69) is 21.0 Å². The lowest BCUT2D eigenvalue weighted by Crippen LogP contribution is -2.27. The van der Waals surface area contributed by atoms with Gasteiger partial charge in [-0.2, -0.15) is 5.26 Å². The van der Waals surface area contributed by atoms with Gasteiger partial charge in [0.15, 0.2) is 0 Å². The van der Waals surface area contributed by atoms with Crippen LogP contribution >= 0.6 is 0 Å². The van der Waals surface area contributed by atoms with Crippen molar-refractivity contribution < 1.29 is 0 Å². The van der Waals surface area contributed by atoms with Gasteiger partial charge >= 0.3 is 0 Å². The van der Waals surface area contributed by atoms with E-state index in [9.17, 15) is 0 Å². The number of aromatic amines is 1. The molecule has 0 bridgehead atoms. The lowest BCUT2D eigenvalue weighted by molar-refractivity contribution is 0.389. The van der Waals surface area contributed by atoms with Crippen molar-refractivity contribution in [2.75, 3.05) is 0 Å². The van der Waals surface area contributed by atoms with Gasteiger partial charge in [-0.1, -0.05) is 6.42 Å². The molecule has 1 aliphatic rings. The fourth-order valence-corrected chi connectivity index (χ4v) is 2.79. The second kappa shape index (κ2) is 4.39. The first-order valence-corrected chi connectivity index (χ1v) is 6.27. The van der Waals surface area contributed by atoms with Crippen LogP contribution in [-0.2, 0) is 0 Å². The Hall–Kier alpha value is -1.93. The molecule has 1 saturated carbocycles. The van der Waals surface area contributed by atoms with E-state index in [0.29, 0.717) is 11.6 Å². The molecule has 5 heteroatoms. The van der Waals surface area contributed by atoms with Crippen LogP contribution in [-0.4, -0.2) is 21.0 Å². The van der Waals surface area contributed by atoms with Crippen molar-refractivity contribution in [1.82, 2.24) is 15.0 Å². The van der Waals surface area contributed by atoms with E-state index in [4.69, 9.17) is 11.0 Å². The second-order valence-electron chi connectivity index (χ2n) is 4.93. The van der Waals surface area contributed by atoms with E-state index >= 15 is 0 Å². The van der Waals surface area contributed by atoms with Gasteiger partial charge in [-0.25, -0.2) is 9.97 Å². The first kappa shape index (κ1) is 11.2. The molecule has 0 amide bonds. The molecule has 2 atom stereocenters. The minimum atomic E-state index is 0.241. The number of rotatable bonds is 1. The van der Waals surface area contributed by atoms with Crippen molar-refractivity contribution in [1.29, 1.82) is 5.26 Å². The molecule has 2 aromatic rings. The summed E-state index contributed by atoms with van der Waals surface area (Å²) in [5, 5.41) is 9.04. The monoisotopic (exact) mass is 241 g/mol. The van der Waals surface area contributed by atoms with Crippen molar-refractivity contribution in [2.45, 2.75) is 37.6 Å². The molecule has 0 radical (unpaired) electrons. The maximum Gasteiger partial charge on any atom is 0.143 e. The number of pyridine rings is 1. The Labute approximate surface area is 105 Å². The highest BCUT2D eigenvalue weighted by Crippen LogP contribution is 2.34. The SMILES string of the molecule is N#Cc1cc2[nH]cnc2c([C@H]2CCC[C@@H](N)C2)n1. The van der Waals surface area contributed by atoms with E-state index in [1.54, 1.807) is 12.4 Å². The Bertz CT molecular complexity index is 609. The zero-order valence-electron chi connectivity index (χ0n) is 10.1. The van der Waals surface area contributed by atoms with Gasteiger partial charge in [-0.05, 0) is 19.3 Å². The number of nitrogens with zero attached hydrogens (tertiary/aromatic N) is 3.